The summed E-state index contributed by atoms with van der Waals surface area (Å²) in [6.07, 6.45) is 3.22. The van der Waals surface area contributed by atoms with Crippen LogP contribution in [0.5, 0.6) is 0 Å². The van der Waals surface area contributed by atoms with Crippen molar-refractivity contribution in [2.24, 2.45) is 0 Å². The third-order valence-electron chi connectivity index (χ3n) is 3.04. The molecule has 17 heavy (non-hydrogen) atoms. The molecule has 0 bridgehead atoms. The maximum Gasteiger partial charge on any atom is -0.00700 e. The lowest BCUT2D eigenvalue weighted by Gasteiger charge is -2.04. The summed E-state index contributed by atoms with van der Waals surface area (Å²) in [5, 5.41) is 0. The molecule has 0 nitrogen and oxygen atoms in total. The van der Waals surface area contributed by atoms with Crippen LogP contribution in [0.25, 0.3) is 11.1 Å². The van der Waals surface area contributed by atoms with Gasteiger partial charge in [0, 0.05) is 0 Å². The molecule has 86 valence electrons. The standard InChI is InChI=1S/C17H18/c1-3-14(2)13-15-9-11-17(12-10-15)16-7-5-4-6-8-16/h3-12H,13H2,1-2H3/b14-3+. The van der Waals surface area contributed by atoms with Gasteiger partial charge in [-0.1, -0.05) is 66.2 Å². The van der Waals surface area contributed by atoms with Gasteiger partial charge in [-0.05, 0) is 37.0 Å². The van der Waals surface area contributed by atoms with Gasteiger partial charge in [0.1, 0.15) is 0 Å². The van der Waals surface area contributed by atoms with Gasteiger partial charge < -0.3 is 0 Å². The monoisotopic (exact) mass is 222 g/mol. The minimum atomic E-state index is 1.05. The van der Waals surface area contributed by atoms with Crippen molar-refractivity contribution in [3.05, 3.63) is 71.8 Å². The minimum absolute atomic E-state index is 1.05. The van der Waals surface area contributed by atoms with E-state index in [9.17, 15) is 0 Å². The quantitative estimate of drug-likeness (QED) is 0.650. The second kappa shape index (κ2) is 5.49. The molecule has 0 radical (unpaired) electrons. The van der Waals surface area contributed by atoms with E-state index in [4.69, 9.17) is 0 Å². The summed E-state index contributed by atoms with van der Waals surface area (Å²) >= 11 is 0. The van der Waals surface area contributed by atoms with Gasteiger partial charge in [0.15, 0.2) is 0 Å². The van der Waals surface area contributed by atoms with Crippen LogP contribution >= 0.6 is 0 Å². The Kier molecular flexibility index (Phi) is 3.77. The van der Waals surface area contributed by atoms with E-state index in [1.54, 1.807) is 0 Å². The van der Waals surface area contributed by atoms with Gasteiger partial charge >= 0.3 is 0 Å². The molecule has 2 aromatic carbocycles. The van der Waals surface area contributed by atoms with Crippen LogP contribution in [-0.4, -0.2) is 0 Å². The molecule has 0 fully saturated rings. The molecule has 0 N–H and O–H groups in total. The van der Waals surface area contributed by atoms with Gasteiger partial charge in [-0.2, -0.15) is 0 Å². The van der Waals surface area contributed by atoms with E-state index in [1.807, 2.05) is 6.07 Å². The van der Waals surface area contributed by atoms with Crippen molar-refractivity contribution < 1.29 is 0 Å². The van der Waals surface area contributed by atoms with Crippen molar-refractivity contribution in [2.45, 2.75) is 20.3 Å². The number of rotatable bonds is 3. The molecule has 0 atom stereocenters. The zero-order valence-electron chi connectivity index (χ0n) is 10.5. The Morgan fingerprint density at radius 3 is 2.06 bits per heavy atom. The predicted molar refractivity (Wildman–Crippen MR) is 75.0 cm³/mol. The van der Waals surface area contributed by atoms with Gasteiger partial charge in [0.25, 0.3) is 0 Å². The largest absolute Gasteiger partial charge is 0.0884 e. The van der Waals surface area contributed by atoms with Crippen LogP contribution in [0, 0.1) is 0 Å². The SMILES string of the molecule is C/C=C(\C)Cc1ccc(-c2ccccc2)cc1. The molecular formula is C17H18. The highest BCUT2D eigenvalue weighted by Gasteiger charge is 1.97. The fourth-order valence-electron chi connectivity index (χ4n) is 1.87. The lowest BCUT2D eigenvalue weighted by atomic mass is 10.0. The summed E-state index contributed by atoms with van der Waals surface area (Å²) in [7, 11) is 0. The van der Waals surface area contributed by atoms with Gasteiger partial charge in [0.05, 0.1) is 0 Å². The van der Waals surface area contributed by atoms with E-state index in [-0.39, 0.29) is 0 Å². The van der Waals surface area contributed by atoms with Crippen LogP contribution < -0.4 is 0 Å². The summed E-state index contributed by atoms with van der Waals surface area (Å²) < 4.78 is 0. The highest BCUT2D eigenvalue weighted by molar-refractivity contribution is 5.63. The smallest absolute Gasteiger partial charge is 0.00700 e. The molecule has 0 aliphatic rings. The van der Waals surface area contributed by atoms with E-state index in [1.165, 1.54) is 22.3 Å². The molecule has 0 saturated heterocycles. The summed E-state index contributed by atoms with van der Waals surface area (Å²) in [6, 6.07) is 19.3. The molecule has 0 heterocycles. The molecule has 0 unspecified atom stereocenters. The average molecular weight is 222 g/mol. The van der Waals surface area contributed by atoms with Crippen LogP contribution in [0.3, 0.4) is 0 Å². The number of benzene rings is 2. The highest BCUT2D eigenvalue weighted by Crippen LogP contribution is 2.20. The second-order valence-electron chi connectivity index (χ2n) is 4.37. The maximum absolute atomic E-state index is 2.22. The molecular weight excluding hydrogens is 204 g/mol. The molecule has 0 aliphatic carbocycles. The fraction of sp³-hybridized carbons (Fsp3) is 0.176. The predicted octanol–water partition coefficient (Wildman–Crippen LogP) is 4.86. The van der Waals surface area contributed by atoms with Crippen molar-refractivity contribution in [1.29, 1.82) is 0 Å². The molecule has 0 amide bonds. The first kappa shape index (κ1) is 11.7. The molecule has 0 heteroatoms. The van der Waals surface area contributed by atoms with Gasteiger partial charge in [-0.25, -0.2) is 0 Å². The van der Waals surface area contributed by atoms with Gasteiger partial charge in [0.2, 0.25) is 0 Å². The Labute approximate surface area is 104 Å². The molecule has 0 aromatic heterocycles. The first-order valence-corrected chi connectivity index (χ1v) is 6.06. The fourth-order valence-corrected chi connectivity index (χ4v) is 1.87. The molecule has 2 rings (SSSR count). The molecule has 2 aromatic rings. The lowest BCUT2D eigenvalue weighted by Crippen LogP contribution is -1.86. The molecule has 0 spiro atoms. The normalized spacial score (nSPS) is 11.5. The van der Waals surface area contributed by atoms with E-state index in [2.05, 4.69) is 68.5 Å². The van der Waals surface area contributed by atoms with Crippen molar-refractivity contribution in [3.8, 4) is 11.1 Å². The zero-order chi connectivity index (χ0) is 12.1. The topological polar surface area (TPSA) is 0 Å². The average Bonchev–Trinajstić information content (AvgIpc) is 2.40. The first-order valence-electron chi connectivity index (χ1n) is 6.06. The Hall–Kier alpha value is -1.82. The van der Waals surface area contributed by atoms with E-state index < -0.39 is 0 Å². The number of hydrogen-bond donors (Lipinski definition) is 0. The number of allylic oxidation sites excluding steroid dienone is 2. The van der Waals surface area contributed by atoms with Crippen molar-refractivity contribution in [1.82, 2.24) is 0 Å². The van der Waals surface area contributed by atoms with Crippen molar-refractivity contribution in [3.63, 3.8) is 0 Å². The molecule has 0 aliphatic heterocycles. The van der Waals surface area contributed by atoms with Crippen LogP contribution in [-0.2, 0) is 6.42 Å². The van der Waals surface area contributed by atoms with Crippen LogP contribution in [0.1, 0.15) is 19.4 Å². The maximum atomic E-state index is 2.22. The van der Waals surface area contributed by atoms with Crippen LogP contribution in [0.2, 0.25) is 0 Å². The van der Waals surface area contributed by atoms with Crippen LogP contribution in [0.15, 0.2) is 66.2 Å². The number of hydrogen-bond acceptors (Lipinski definition) is 0. The highest BCUT2D eigenvalue weighted by atomic mass is 14.0. The zero-order valence-corrected chi connectivity index (χ0v) is 10.5. The van der Waals surface area contributed by atoms with Crippen molar-refractivity contribution >= 4 is 0 Å². The van der Waals surface area contributed by atoms with E-state index >= 15 is 0 Å². The third-order valence-corrected chi connectivity index (χ3v) is 3.04. The van der Waals surface area contributed by atoms with E-state index in [0.717, 1.165) is 6.42 Å². The Bertz CT molecular complexity index is 489. The summed E-state index contributed by atoms with van der Waals surface area (Å²) in [6.45, 7) is 4.26. The lowest BCUT2D eigenvalue weighted by molar-refractivity contribution is 1.14. The Morgan fingerprint density at radius 1 is 0.882 bits per heavy atom. The third kappa shape index (κ3) is 3.07. The summed E-state index contributed by atoms with van der Waals surface area (Å²) in [4.78, 5) is 0. The Balaban J connectivity index is 2.19. The van der Waals surface area contributed by atoms with Crippen molar-refractivity contribution in [2.75, 3.05) is 0 Å². The van der Waals surface area contributed by atoms with Gasteiger partial charge in [-0.3, -0.25) is 0 Å². The van der Waals surface area contributed by atoms with Gasteiger partial charge in [-0.15, -0.1) is 0 Å². The second-order valence-corrected chi connectivity index (χ2v) is 4.37. The van der Waals surface area contributed by atoms with E-state index in [0.29, 0.717) is 0 Å². The van der Waals surface area contributed by atoms with Crippen LogP contribution in [0.4, 0.5) is 0 Å². The summed E-state index contributed by atoms with van der Waals surface area (Å²) in [5.41, 5.74) is 5.35. The molecule has 0 saturated carbocycles. The Morgan fingerprint density at radius 2 is 1.47 bits per heavy atom. The summed E-state index contributed by atoms with van der Waals surface area (Å²) in [5.74, 6) is 0. The first-order chi connectivity index (χ1) is 8.29. The minimum Gasteiger partial charge on any atom is -0.0884 e.